The summed E-state index contributed by atoms with van der Waals surface area (Å²) in [6.45, 7) is 3.42. The van der Waals surface area contributed by atoms with Crippen molar-refractivity contribution in [2.75, 3.05) is 13.1 Å². The summed E-state index contributed by atoms with van der Waals surface area (Å²) < 4.78 is 38.4. The number of nitrogens with one attached hydrogen (secondary N) is 2. The van der Waals surface area contributed by atoms with E-state index in [2.05, 4.69) is 25.8 Å². The molecule has 1 aliphatic rings. The summed E-state index contributed by atoms with van der Waals surface area (Å²) in [6, 6.07) is 0. The summed E-state index contributed by atoms with van der Waals surface area (Å²) in [5.41, 5.74) is 0. The van der Waals surface area contributed by atoms with Crippen LogP contribution in [0.2, 0.25) is 0 Å². The second-order valence-electron chi connectivity index (χ2n) is 4.77. The number of guanidine groups is 1. The molecule has 126 valence electrons. The van der Waals surface area contributed by atoms with E-state index in [1.54, 1.807) is 0 Å². The fourth-order valence-corrected chi connectivity index (χ4v) is 2.14. The summed E-state index contributed by atoms with van der Waals surface area (Å²) in [5, 5.41) is 13.7. The smallest absolute Gasteiger partial charge is 0.357 e. The quantitative estimate of drug-likeness (QED) is 0.424. The first-order valence-corrected chi connectivity index (χ1v) is 6.99. The predicted octanol–water partition coefficient (Wildman–Crippen LogP) is 1.85. The number of nitrogens with zero attached hydrogens (tertiary/aromatic N) is 4. The maximum Gasteiger partial charge on any atom is 0.390 e. The van der Waals surface area contributed by atoms with Crippen molar-refractivity contribution in [1.29, 1.82) is 0 Å². The van der Waals surface area contributed by atoms with Crippen molar-refractivity contribution < 1.29 is 13.2 Å². The Bertz CT molecular complexity index is 500. The molecule has 0 fully saturated rings. The Morgan fingerprint density at radius 2 is 2.09 bits per heavy atom. The third-order valence-electron chi connectivity index (χ3n) is 3.11. The Morgan fingerprint density at radius 3 is 2.77 bits per heavy atom. The molecule has 1 aromatic rings. The number of aliphatic imine (C=N–C) groups is 1. The van der Waals surface area contributed by atoms with Gasteiger partial charge in [0, 0.05) is 26.1 Å². The molecule has 6 nitrogen and oxygen atoms in total. The van der Waals surface area contributed by atoms with Crippen molar-refractivity contribution in [1.82, 2.24) is 25.4 Å². The fourth-order valence-electron chi connectivity index (χ4n) is 2.14. The number of rotatable bonds is 5. The molecule has 22 heavy (non-hydrogen) atoms. The van der Waals surface area contributed by atoms with Gasteiger partial charge in [0.1, 0.15) is 12.4 Å². The lowest BCUT2D eigenvalue weighted by molar-refractivity contribution is -0.132. The van der Waals surface area contributed by atoms with Crippen molar-refractivity contribution >= 4 is 29.9 Å². The van der Waals surface area contributed by atoms with Gasteiger partial charge in [-0.1, -0.05) is 0 Å². The molecule has 0 aliphatic carbocycles. The molecular weight excluding hydrogens is 412 g/mol. The molecule has 0 aromatic carbocycles. The normalized spacial score (nSPS) is 14.5. The zero-order valence-corrected chi connectivity index (χ0v) is 14.6. The highest BCUT2D eigenvalue weighted by Gasteiger charge is 2.26. The first-order valence-electron chi connectivity index (χ1n) is 6.99. The van der Waals surface area contributed by atoms with Gasteiger partial charge in [0.25, 0.3) is 0 Å². The lowest BCUT2D eigenvalue weighted by Crippen LogP contribution is -2.39. The van der Waals surface area contributed by atoms with E-state index in [1.807, 2.05) is 11.5 Å². The van der Waals surface area contributed by atoms with Crippen LogP contribution in [-0.2, 0) is 19.5 Å². The third kappa shape index (κ3) is 5.61. The molecule has 10 heteroatoms. The average Bonchev–Trinajstić information content (AvgIpc) is 2.97. The minimum Gasteiger partial charge on any atom is -0.357 e. The van der Waals surface area contributed by atoms with Crippen molar-refractivity contribution in [3.8, 4) is 0 Å². The fraction of sp³-hybridized carbons (Fsp3) is 0.750. The highest BCUT2D eigenvalue weighted by atomic mass is 127. The van der Waals surface area contributed by atoms with Gasteiger partial charge in [0.15, 0.2) is 11.8 Å². The van der Waals surface area contributed by atoms with Crippen LogP contribution in [0.1, 0.15) is 31.4 Å². The summed E-state index contributed by atoms with van der Waals surface area (Å²) in [5.74, 6) is 2.06. The zero-order valence-electron chi connectivity index (χ0n) is 12.3. The van der Waals surface area contributed by atoms with Crippen LogP contribution in [0.25, 0.3) is 0 Å². The molecular formula is C12H20F3IN6. The maximum absolute atomic E-state index is 12.1. The Balaban J connectivity index is 0.00000242. The molecule has 0 spiro atoms. The van der Waals surface area contributed by atoms with Gasteiger partial charge >= 0.3 is 6.18 Å². The molecule has 2 rings (SSSR count). The van der Waals surface area contributed by atoms with Crippen LogP contribution >= 0.6 is 24.0 Å². The van der Waals surface area contributed by atoms with Gasteiger partial charge in [0.2, 0.25) is 0 Å². The average molecular weight is 432 g/mol. The first-order chi connectivity index (χ1) is 9.99. The molecule has 2 N–H and O–H groups in total. The highest BCUT2D eigenvalue weighted by Crippen LogP contribution is 2.18. The summed E-state index contributed by atoms with van der Waals surface area (Å²) >= 11 is 0. The Hall–Kier alpha value is -1.07. The molecule has 0 atom stereocenters. The number of hydrogen-bond acceptors (Lipinski definition) is 3. The zero-order chi connectivity index (χ0) is 15.3. The predicted molar refractivity (Wildman–Crippen MR) is 87.2 cm³/mol. The lowest BCUT2D eigenvalue weighted by atomic mass is 10.4. The molecule has 0 amide bonds. The van der Waals surface area contributed by atoms with E-state index in [0.717, 1.165) is 31.0 Å². The van der Waals surface area contributed by atoms with E-state index in [4.69, 9.17) is 0 Å². The number of fused-ring (bicyclic) bond motifs is 1. The van der Waals surface area contributed by atoms with E-state index < -0.39 is 12.6 Å². The summed E-state index contributed by atoms with van der Waals surface area (Å²) in [7, 11) is 0. The Kier molecular flexibility index (Phi) is 7.36. The molecule has 0 radical (unpaired) electrons. The molecule has 0 bridgehead atoms. The molecule has 1 aromatic heterocycles. The number of aryl methyl sites for hydroxylation is 1. The van der Waals surface area contributed by atoms with Crippen LogP contribution in [0, 0.1) is 0 Å². The van der Waals surface area contributed by atoms with Crippen LogP contribution in [0.3, 0.4) is 0 Å². The molecule has 1 aliphatic heterocycles. The second-order valence-corrected chi connectivity index (χ2v) is 4.77. The maximum atomic E-state index is 12.1. The van der Waals surface area contributed by atoms with Crippen molar-refractivity contribution in [2.24, 2.45) is 4.99 Å². The van der Waals surface area contributed by atoms with E-state index in [1.165, 1.54) is 0 Å². The van der Waals surface area contributed by atoms with Crippen LogP contribution in [0.4, 0.5) is 13.2 Å². The first kappa shape index (κ1) is 19.0. The minimum absolute atomic E-state index is 0. The van der Waals surface area contributed by atoms with Crippen LogP contribution < -0.4 is 10.6 Å². The molecule has 0 saturated carbocycles. The van der Waals surface area contributed by atoms with Gasteiger partial charge in [0.05, 0.1) is 6.42 Å². The Labute approximate surface area is 144 Å². The van der Waals surface area contributed by atoms with Crippen molar-refractivity contribution in [3.63, 3.8) is 0 Å². The second kappa shape index (κ2) is 8.53. The SMILES string of the molecule is CCNC(=NCc1nnc2n1CCC2)NCCC(F)(F)F.I. The Morgan fingerprint density at radius 1 is 1.32 bits per heavy atom. The number of aromatic nitrogens is 3. The van der Waals surface area contributed by atoms with Crippen molar-refractivity contribution in [2.45, 2.75) is 45.5 Å². The molecule has 2 heterocycles. The van der Waals surface area contributed by atoms with E-state index in [9.17, 15) is 13.2 Å². The topological polar surface area (TPSA) is 67.1 Å². The van der Waals surface area contributed by atoms with E-state index >= 15 is 0 Å². The number of hydrogen-bond donors (Lipinski definition) is 2. The largest absolute Gasteiger partial charge is 0.390 e. The lowest BCUT2D eigenvalue weighted by Gasteiger charge is -2.12. The summed E-state index contributed by atoms with van der Waals surface area (Å²) in [6.07, 6.45) is -3.10. The van der Waals surface area contributed by atoms with E-state index in [0.29, 0.717) is 19.0 Å². The van der Waals surface area contributed by atoms with Gasteiger partial charge < -0.3 is 15.2 Å². The molecule has 0 saturated heterocycles. The number of alkyl halides is 3. The van der Waals surface area contributed by atoms with Gasteiger partial charge in [-0.3, -0.25) is 0 Å². The molecule has 0 unspecified atom stereocenters. The van der Waals surface area contributed by atoms with Crippen LogP contribution in [0.15, 0.2) is 4.99 Å². The van der Waals surface area contributed by atoms with Gasteiger partial charge in [-0.15, -0.1) is 34.2 Å². The monoisotopic (exact) mass is 432 g/mol. The van der Waals surface area contributed by atoms with Gasteiger partial charge in [-0.25, -0.2) is 4.99 Å². The van der Waals surface area contributed by atoms with Crippen molar-refractivity contribution in [3.05, 3.63) is 11.6 Å². The standard InChI is InChI=1S/C12H19F3N6.HI/c1-2-16-11(17-6-5-12(13,14)15)18-8-10-20-19-9-4-3-7-21(9)10;/h2-8H2,1H3,(H2,16,17,18);1H. The highest BCUT2D eigenvalue weighted by molar-refractivity contribution is 14.0. The van der Waals surface area contributed by atoms with Gasteiger partial charge in [-0.05, 0) is 13.3 Å². The summed E-state index contributed by atoms with van der Waals surface area (Å²) in [4.78, 5) is 4.26. The van der Waals surface area contributed by atoms with Crippen LogP contribution in [0.5, 0.6) is 0 Å². The van der Waals surface area contributed by atoms with Gasteiger partial charge in [-0.2, -0.15) is 13.2 Å². The van der Waals surface area contributed by atoms with E-state index in [-0.39, 0.29) is 30.5 Å². The van der Waals surface area contributed by atoms with Crippen LogP contribution in [-0.4, -0.2) is 40.0 Å². The third-order valence-corrected chi connectivity index (χ3v) is 3.11. The number of halogens is 4. The minimum atomic E-state index is -4.17.